The lowest BCUT2D eigenvalue weighted by Gasteiger charge is -2.06. The van der Waals surface area contributed by atoms with Crippen LogP contribution in [0.2, 0.25) is 0 Å². The third-order valence-corrected chi connectivity index (χ3v) is 3.21. The molecule has 7 heteroatoms. The van der Waals surface area contributed by atoms with Crippen LogP contribution in [0.1, 0.15) is 43.5 Å². The summed E-state index contributed by atoms with van der Waals surface area (Å²) < 4.78 is 5.26. The van der Waals surface area contributed by atoms with E-state index >= 15 is 0 Å². The minimum atomic E-state index is -1.09. The summed E-state index contributed by atoms with van der Waals surface area (Å²) >= 11 is 0. The molecule has 0 atom stereocenters. The molecule has 3 N–H and O–H groups in total. The van der Waals surface area contributed by atoms with Crippen molar-refractivity contribution in [2.75, 3.05) is 0 Å². The quantitative estimate of drug-likeness (QED) is 0.792. The summed E-state index contributed by atoms with van der Waals surface area (Å²) in [4.78, 5) is 37.4. The molecule has 2 aromatic rings. The summed E-state index contributed by atoms with van der Waals surface area (Å²) in [6, 6.07) is 3.06. The van der Waals surface area contributed by atoms with Gasteiger partial charge >= 0.3 is 5.97 Å². The fourth-order valence-corrected chi connectivity index (χ4v) is 2.23. The van der Waals surface area contributed by atoms with Crippen LogP contribution in [0.5, 0.6) is 0 Å². The first kappa shape index (κ1) is 15.6. The van der Waals surface area contributed by atoms with Crippen molar-refractivity contribution in [3.63, 3.8) is 0 Å². The number of furan rings is 1. The average Bonchev–Trinajstić information content (AvgIpc) is 2.76. The Balaban J connectivity index is 2.16. The van der Waals surface area contributed by atoms with Crippen LogP contribution in [-0.2, 0) is 6.54 Å². The topological polar surface area (TPSA) is 112 Å². The number of carboxylic acid groups (broad SMARTS) is 1. The van der Waals surface area contributed by atoms with Gasteiger partial charge in [-0.2, -0.15) is 0 Å². The van der Waals surface area contributed by atoms with Gasteiger partial charge in [-0.05, 0) is 38.5 Å². The van der Waals surface area contributed by atoms with Gasteiger partial charge in [-0.15, -0.1) is 0 Å². The Bertz CT molecular complexity index is 801. The van der Waals surface area contributed by atoms with Crippen LogP contribution in [0.15, 0.2) is 21.3 Å². The van der Waals surface area contributed by atoms with Gasteiger partial charge in [0.25, 0.3) is 11.5 Å². The van der Waals surface area contributed by atoms with E-state index in [2.05, 4.69) is 10.3 Å². The van der Waals surface area contributed by atoms with Crippen LogP contribution >= 0.6 is 0 Å². The van der Waals surface area contributed by atoms with Crippen molar-refractivity contribution in [2.24, 2.45) is 0 Å². The molecule has 0 radical (unpaired) electrons. The smallest absolute Gasteiger partial charge is 0.339 e. The molecule has 0 saturated carbocycles. The third kappa shape index (κ3) is 3.08. The first-order valence-electron chi connectivity index (χ1n) is 6.61. The van der Waals surface area contributed by atoms with E-state index in [0.717, 1.165) is 0 Å². The molecule has 0 unspecified atom stereocenters. The summed E-state index contributed by atoms with van der Waals surface area (Å²) in [5.41, 5.74) is 0.866. The first-order valence-corrected chi connectivity index (χ1v) is 6.61. The van der Waals surface area contributed by atoms with Gasteiger partial charge < -0.3 is 19.8 Å². The molecule has 2 aromatic heterocycles. The van der Waals surface area contributed by atoms with Crippen LogP contribution in [0, 0.1) is 20.8 Å². The number of H-pyrrole nitrogens is 1. The fraction of sp³-hybridized carbons (Fsp3) is 0.267. The monoisotopic (exact) mass is 304 g/mol. The molecule has 0 aromatic carbocycles. The number of aromatic nitrogens is 1. The van der Waals surface area contributed by atoms with Crippen LogP contribution in [0.3, 0.4) is 0 Å². The molecule has 116 valence electrons. The van der Waals surface area contributed by atoms with E-state index in [9.17, 15) is 14.4 Å². The molecular formula is C15H16N2O5. The summed E-state index contributed by atoms with van der Waals surface area (Å²) in [5, 5.41) is 11.5. The van der Waals surface area contributed by atoms with Crippen molar-refractivity contribution in [3.8, 4) is 0 Å². The predicted octanol–water partition coefficient (Wildman–Crippen LogP) is 1.52. The van der Waals surface area contributed by atoms with E-state index in [-0.39, 0.29) is 23.4 Å². The zero-order valence-electron chi connectivity index (χ0n) is 12.4. The van der Waals surface area contributed by atoms with Crippen LogP contribution < -0.4 is 10.9 Å². The van der Waals surface area contributed by atoms with E-state index < -0.39 is 17.4 Å². The lowest BCUT2D eigenvalue weighted by molar-refractivity contribution is 0.0694. The number of aromatic carboxylic acids is 1. The van der Waals surface area contributed by atoms with Gasteiger partial charge in [-0.25, -0.2) is 4.79 Å². The number of nitrogens with one attached hydrogen (secondary N) is 2. The van der Waals surface area contributed by atoms with Crippen LogP contribution in [0.4, 0.5) is 0 Å². The average molecular weight is 304 g/mol. The summed E-state index contributed by atoms with van der Waals surface area (Å²) in [6.45, 7) is 4.94. The van der Waals surface area contributed by atoms with Gasteiger partial charge in [0.05, 0.1) is 6.54 Å². The van der Waals surface area contributed by atoms with Crippen LogP contribution in [-0.4, -0.2) is 22.0 Å². The fourth-order valence-electron chi connectivity index (χ4n) is 2.23. The second-order valence-corrected chi connectivity index (χ2v) is 5.01. The first-order chi connectivity index (χ1) is 10.3. The molecule has 7 nitrogen and oxygen atoms in total. The minimum Gasteiger partial charge on any atom is -0.478 e. The molecule has 2 heterocycles. The SMILES string of the molecule is Cc1cc(C)c(C(=O)NCc2cc(C(=O)O)c(C)o2)c(=O)[nH]1. The summed E-state index contributed by atoms with van der Waals surface area (Å²) in [6.07, 6.45) is 0. The van der Waals surface area contributed by atoms with Gasteiger partial charge in [0, 0.05) is 5.69 Å². The highest BCUT2D eigenvalue weighted by atomic mass is 16.4. The Morgan fingerprint density at radius 2 is 1.95 bits per heavy atom. The molecule has 2 rings (SSSR count). The molecule has 0 aliphatic carbocycles. The van der Waals surface area contributed by atoms with Gasteiger partial charge in [-0.1, -0.05) is 0 Å². The highest BCUT2D eigenvalue weighted by molar-refractivity contribution is 5.95. The van der Waals surface area contributed by atoms with E-state index in [0.29, 0.717) is 17.0 Å². The number of pyridine rings is 1. The van der Waals surface area contributed by atoms with Gasteiger partial charge in [0.1, 0.15) is 22.6 Å². The maximum atomic E-state index is 12.1. The van der Waals surface area contributed by atoms with Gasteiger partial charge in [0.2, 0.25) is 0 Å². The number of carboxylic acids is 1. The standard InChI is InChI=1S/C15H16N2O5/c1-7-4-8(2)17-14(19)12(7)13(18)16-6-10-5-11(15(20)21)9(3)22-10/h4-5H,6H2,1-3H3,(H,16,18)(H,17,19)(H,20,21). The van der Waals surface area contributed by atoms with Gasteiger partial charge in [-0.3, -0.25) is 9.59 Å². The molecule has 0 aliphatic heterocycles. The van der Waals surface area contributed by atoms with Crippen molar-refractivity contribution < 1.29 is 19.1 Å². The van der Waals surface area contributed by atoms with E-state index in [4.69, 9.17) is 9.52 Å². The molecule has 1 amide bonds. The normalized spacial score (nSPS) is 10.5. The Morgan fingerprint density at radius 1 is 1.27 bits per heavy atom. The lowest BCUT2D eigenvalue weighted by atomic mass is 10.1. The molecule has 0 bridgehead atoms. The Labute approximate surface area is 126 Å². The summed E-state index contributed by atoms with van der Waals surface area (Å²) in [5.74, 6) is -1.06. The molecule has 0 spiro atoms. The number of aryl methyl sites for hydroxylation is 3. The largest absolute Gasteiger partial charge is 0.478 e. The number of aromatic amines is 1. The third-order valence-electron chi connectivity index (χ3n) is 3.21. The summed E-state index contributed by atoms with van der Waals surface area (Å²) in [7, 11) is 0. The molecular weight excluding hydrogens is 288 g/mol. The predicted molar refractivity (Wildman–Crippen MR) is 78.1 cm³/mol. The van der Waals surface area contributed by atoms with Crippen molar-refractivity contribution in [1.29, 1.82) is 0 Å². The Hall–Kier alpha value is -2.83. The van der Waals surface area contributed by atoms with Crippen molar-refractivity contribution >= 4 is 11.9 Å². The number of amides is 1. The minimum absolute atomic E-state index is 0.000288. The number of carbonyl (C=O) groups is 2. The molecule has 0 fully saturated rings. The van der Waals surface area contributed by atoms with Crippen molar-refractivity contribution in [3.05, 3.63) is 56.4 Å². The number of carbonyl (C=O) groups excluding carboxylic acids is 1. The number of hydrogen-bond donors (Lipinski definition) is 3. The van der Waals surface area contributed by atoms with Gasteiger partial charge in [0.15, 0.2) is 0 Å². The second-order valence-electron chi connectivity index (χ2n) is 5.01. The molecule has 0 saturated heterocycles. The van der Waals surface area contributed by atoms with E-state index in [1.807, 2.05) is 0 Å². The molecule has 22 heavy (non-hydrogen) atoms. The molecule has 0 aliphatic rings. The van der Waals surface area contributed by atoms with E-state index in [1.165, 1.54) is 13.0 Å². The van der Waals surface area contributed by atoms with E-state index in [1.54, 1.807) is 19.9 Å². The number of rotatable bonds is 4. The lowest BCUT2D eigenvalue weighted by Crippen LogP contribution is -2.30. The van der Waals surface area contributed by atoms with Crippen LogP contribution in [0.25, 0.3) is 0 Å². The maximum Gasteiger partial charge on any atom is 0.339 e. The highest BCUT2D eigenvalue weighted by Gasteiger charge is 2.17. The number of hydrogen-bond acceptors (Lipinski definition) is 4. The van der Waals surface area contributed by atoms with Crippen molar-refractivity contribution in [1.82, 2.24) is 10.3 Å². The second kappa shape index (κ2) is 5.88. The zero-order chi connectivity index (χ0) is 16.4. The Morgan fingerprint density at radius 3 is 2.50 bits per heavy atom. The maximum absolute atomic E-state index is 12.1. The Kier molecular flexibility index (Phi) is 4.16. The van der Waals surface area contributed by atoms with Crippen molar-refractivity contribution in [2.45, 2.75) is 27.3 Å². The zero-order valence-corrected chi connectivity index (χ0v) is 12.4. The highest BCUT2D eigenvalue weighted by Crippen LogP contribution is 2.14.